The van der Waals surface area contributed by atoms with Crippen molar-refractivity contribution in [3.05, 3.63) is 74.1 Å². The van der Waals surface area contributed by atoms with E-state index in [1.807, 2.05) is 4.72 Å². The lowest BCUT2D eigenvalue weighted by molar-refractivity contribution is -0.383. The summed E-state index contributed by atoms with van der Waals surface area (Å²) in [6.45, 7) is 1.68. The zero-order chi connectivity index (χ0) is 35.1. The van der Waals surface area contributed by atoms with Gasteiger partial charge in [0.1, 0.15) is 35.0 Å². The number of nitrogens with one attached hydrogen (secondary N) is 2. The van der Waals surface area contributed by atoms with Crippen molar-refractivity contribution in [2.75, 3.05) is 30.6 Å². The average molecular weight is 743 g/mol. The Balaban J connectivity index is 0.000000261. The van der Waals surface area contributed by atoms with Crippen LogP contribution < -0.4 is 25.2 Å². The van der Waals surface area contributed by atoms with Crippen LogP contribution in [0, 0.1) is 17.0 Å². The smallest absolute Gasteiger partial charge is 0.416 e. The quantitative estimate of drug-likeness (QED) is 0.117. The highest BCUT2D eigenvalue weighted by molar-refractivity contribution is 7.90. The second-order valence-electron chi connectivity index (χ2n) is 8.61. The standard InChI is InChI=1S/C14H16ClN5O5S.C10H5Cl2F3N4O2/c1-9-16-12(19-14(17-9)24-2)18-13(21)20-26(22,23)11-6-4-3-5-10(11)25-8-7-15;11-5-1-4(10(13,14)15)2-6(12)8(5)18-9(16)7(3-17-18)19(20)21/h3-6H,7-8H2,1-2H3,(H2,16,17,18,19,20,21);1-3H,16H2. The van der Waals surface area contributed by atoms with E-state index >= 15 is 0 Å². The fourth-order valence-electron chi connectivity index (χ4n) is 3.45. The highest BCUT2D eigenvalue weighted by atomic mass is 35.5. The summed E-state index contributed by atoms with van der Waals surface area (Å²) >= 11 is 17.1. The second kappa shape index (κ2) is 15.3. The van der Waals surface area contributed by atoms with Gasteiger partial charge in [-0.25, -0.2) is 22.6 Å². The number of urea groups is 1. The number of alkyl halides is 4. The molecule has 0 spiro atoms. The molecular weight excluding hydrogens is 722 g/mol. The third kappa shape index (κ3) is 9.44. The third-order valence-electron chi connectivity index (χ3n) is 5.37. The maximum Gasteiger partial charge on any atom is 0.416 e. The van der Waals surface area contributed by atoms with Crippen LogP contribution in [-0.2, 0) is 16.2 Å². The van der Waals surface area contributed by atoms with Gasteiger partial charge in [-0.2, -0.15) is 33.2 Å². The number of methoxy groups -OCH3 is 1. The fourth-order valence-corrected chi connectivity index (χ4v) is 5.23. The van der Waals surface area contributed by atoms with E-state index in [0.717, 1.165) is 10.9 Å². The number of hydrogen-bond acceptors (Lipinski definition) is 12. The molecule has 4 N–H and O–H groups in total. The summed E-state index contributed by atoms with van der Waals surface area (Å²) in [5, 5.41) is 15.7. The number of nitro groups is 1. The van der Waals surface area contributed by atoms with Gasteiger partial charge in [0.2, 0.25) is 11.8 Å². The molecule has 0 aliphatic rings. The molecule has 252 valence electrons. The molecule has 0 saturated heterocycles. The number of ether oxygens (including phenoxy) is 2. The van der Waals surface area contributed by atoms with Crippen LogP contribution >= 0.6 is 34.8 Å². The van der Waals surface area contributed by atoms with E-state index in [1.54, 1.807) is 13.0 Å². The van der Waals surface area contributed by atoms with Crippen molar-refractivity contribution in [2.24, 2.45) is 0 Å². The van der Waals surface area contributed by atoms with E-state index in [-0.39, 0.29) is 56.6 Å². The third-order valence-corrected chi connectivity index (χ3v) is 7.47. The number of nitrogen functional groups attached to an aromatic ring is 1. The number of aromatic nitrogens is 5. The van der Waals surface area contributed by atoms with E-state index in [1.165, 1.54) is 25.3 Å². The summed E-state index contributed by atoms with van der Waals surface area (Å²) in [7, 11) is -2.85. The molecule has 0 bridgehead atoms. The first-order chi connectivity index (χ1) is 22.0. The summed E-state index contributed by atoms with van der Waals surface area (Å²) < 4.78 is 75.6. The number of sulfonamides is 1. The second-order valence-corrected chi connectivity index (χ2v) is 11.5. The Bertz CT molecular complexity index is 1870. The molecule has 2 heterocycles. The maximum absolute atomic E-state index is 12.6. The Morgan fingerprint density at radius 1 is 1.15 bits per heavy atom. The number of carbonyl (C=O) groups excluding carboxylic acids is 1. The molecule has 2 amide bonds. The number of halogens is 6. The predicted molar refractivity (Wildman–Crippen MR) is 163 cm³/mol. The van der Waals surface area contributed by atoms with Crippen LogP contribution in [0.3, 0.4) is 0 Å². The summed E-state index contributed by atoms with van der Waals surface area (Å²) in [6, 6.07) is 6.06. The minimum Gasteiger partial charge on any atom is -0.491 e. The number of nitrogens with zero attached hydrogens (tertiary/aromatic N) is 6. The highest BCUT2D eigenvalue weighted by Gasteiger charge is 2.33. The van der Waals surface area contributed by atoms with Gasteiger partial charge >= 0.3 is 23.9 Å². The molecule has 47 heavy (non-hydrogen) atoms. The molecule has 0 atom stereocenters. The summed E-state index contributed by atoms with van der Waals surface area (Å²) in [6.07, 6.45) is -3.78. The lowest BCUT2D eigenvalue weighted by Crippen LogP contribution is -2.35. The van der Waals surface area contributed by atoms with Crippen molar-refractivity contribution in [3.63, 3.8) is 0 Å². The van der Waals surface area contributed by atoms with E-state index in [0.29, 0.717) is 12.1 Å². The number of hydrogen-bond donors (Lipinski definition) is 3. The molecule has 0 radical (unpaired) electrons. The molecule has 0 aliphatic heterocycles. The Kier molecular flexibility index (Phi) is 12.0. The number of para-hydroxylation sites is 1. The SMILES string of the molecule is COc1nc(C)nc(NC(=O)NS(=O)(=O)c2ccccc2OCCCl)n1.Nc1c([N+](=O)[O-])cnn1-c1c(Cl)cc(C(F)(F)F)cc1Cl. The maximum atomic E-state index is 12.6. The van der Waals surface area contributed by atoms with E-state index in [9.17, 15) is 36.5 Å². The van der Waals surface area contributed by atoms with E-state index in [2.05, 4.69) is 25.4 Å². The molecule has 2 aromatic heterocycles. The molecule has 0 aliphatic carbocycles. The zero-order valence-electron chi connectivity index (χ0n) is 23.8. The zero-order valence-corrected chi connectivity index (χ0v) is 26.8. The van der Waals surface area contributed by atoms with E-state index in [4.69, 9.17) is 50.0 Å². The van der Waals surface area contributed by atoms with Crippen LogP contribution in [0.15, 0.2) is 47.5 Å². The van der Waals surface area contributed by atoms with Gasteiger partial charge in [-0.15, -0.1) is 11.6 Å². The average Bonchev–Trinajstić information content (AvgIpc) is 3.35. The first-order valence-corrected chi connectivity index (χ1v) is 15.2. The number of aryl methyl sites for hydroxylation is 1. The van der Waals surface area contributed by atoms with Crippen molar-refractivity contribution in [2.45, 2.75) is 18.0 Å². The van der Waals surface area contributed by atoms with Gasteiger partial charge in [0.05, 0.1) is 33.5 Å². The Hall–Kier alpha value is -4.66. The van der Waals surface area contributed by atoms with Gasteiger partial charge in [0.15, 0.2) is 0 Å². The first-order valence-electron chi connectivity index (χ1n) is 12.4. The van der Waals surface area contributed by atoms with Crippen molar-refractivity contribution in [3.8, 4) is 17.4 Å². The Morgan fingerprint density at radius 2 is 1.79 bits per heavy atom. The van der Waals surface area contributed by atoms with Crippen molar-refractivity contribution < 1.29 is 40.8 Å². The lowest BCUT2D eigenvalue weighted by atomic mass is 10.2. The summed E-state index contributed by atoms with van der Waals surface area (Å²) in [4.78, 5) is 33.3. The molecule has 2 aromatic carbocycles. The molecule has 16 nitrogen and oxygen atoms in total. The van der Waals surface area contributed by atoms with E-state index < -0.39 is 44.2 Å². The molecular formula is C24H21Cl3F3N9O7S. The van der Waals surface area contributed by atoms with Gasteiger partial charge in [-0.1, -0.05) is 35.3 Å². The number of benzene rings is 2. The highest BCUT2D eigenvalue weighted by Crippen LogP contribution is 2.39. The molecule has 23 heteroatoms. The first kappa shape index (κ1) is 36.8. The monoisotopic (exact) mass is 741 g/mol. The van der Waals surface area contributed by atoms with Gasteiger partial charge < -0.3 is 15.2 Å². The largest absolute Gasteiger partial charge is 0.491 e. The van der Waals surface area contributed by atoms with Crippen LogP contribution in [0.5, 0.6) is 11.8 Å². The minimum atomic E-state index is -4.63. The summed E-state index contributed by atoms with van der Waals surface area (Å²) in [5.41, 5.74) is 3.78. The minimum absolute atomic E-state index is 0.0181. The Labute approximate surface area is 278 Å². The van der Waals surface area contributed by atoms with Crippen molar-refractivity contribution >= 4 is 68.3 Å². The van der Waals surface area contributed by atoms with Crippen LogP contribution in [0.25, 0.3) is 5.69 Å². The normalized spacial score (nSPS) is 11.2. The van der Waals surface area contributed by atoms with Crippen molar-refractivity contribution in [1.82, 2.24) is 29.5 Å². The van der Waals surface area contributed by atoms with Crippen LogP contribution in [0.1, 0.15) is 11.4 Å². The molecule has 0 fully saturated rings. The van der Waals surface area contributed by atoms with Crippen LogP contribution in [0.2, 0.25) is 10.0 Å². The molecule has 4 rings (SSSR count). The number of amides is 2. The number of rotatable bonds is 9. The van der Waals surface area contributed by atoms with Gasteiger partial charge in [0, 0.05) is 0 Å². The number of carbonyl (C=O) groups is 1. The summed E-state index contributed by atoms with van der Waals surface area (Å²) in [5.74, 6) is -0.0127. The molecule has 0 unspecified atom stereocenters. The fraction of sp³-hybridized carbons (Fsp3) is 0.208. The molecule has 0 saturated carbocycles. The lowest BCUT2D eigenvalue weighted by Gasteiger charge is -2.12. The predicted octanol–water partition coefficient (Wildman–Crippen LogP) is 5.00. The van der Waals surface area contributed by atoms with Crippen LogP contribution in [-0.4, -0.2) is 63.7 Å². The number of anilines is 2. The number of nitrogens with two attached hydrogens (primary N) is 1. The van der Waals surface area contributed by atoms with Gasteiger partial charge in [-0.05, 0) is 31.2 Å². The van der Waals surface area contributed by atoms with Crippen LogP contribution in [0.4, 0.5) is 35.4 Å². The topological polar surface area (TPSA) is 219 Å². The molecule has 4 aromatic rings. The van der Waals surface area contributed by atoms with Gasteiger partial charge in [0.25, 0.3) is 10.0 Å². The van der Waals surface area contributed by atoms with Crippen molar-refractivity contribution in [1.29, 1.82) is 0 Å². The van der Waals surface area contributed by atoms with Gasteiger partial charge in [-0.3, -0.25) is 15.4 Å². The Morgan fingerprint density at radius 3 is 2.34 bits per heavy atom.